The molecule has 0 N–H and O–H groups in total. The molecular weight excluding hydrogens is 238 g/mol. The van der Waals surface area contributed by atoms with Crippen molar-refractivity contribution >= 4 is 17.1 Å². The minimum atomic E-state index is 0.239. The highest BCUT2D eigenvalue weighted by Crippen LogP contribution is 2.35. The van der Waals surface area contributed by atoms with E-state index in [4.69, 9.17) is 0 Å². The molecule has 0 unspecified atom stereocenters. The van der Waals surface area contributed by atoms with Gasteiger partial charge in [0.25, 0.3) is 0 Å². The Hall–Kier alpha value is -1.84. The predicted molar refractivity (Wildman–Crippen MR) is 75.3 cm³/mol. The van der Waals surface area contributed by atoms with Gasteiger partial charge in [-0.1, -0.05) is 13.0 Å². The molecule has 4 heteroatoms. The van der Waals surface area contributed by atoms with Gasteiger partial charge in [-0.05, 0) is 38.3 Å². The summed E-state index contributed by atoms with van der Waals surface area (Å²) >= 11 is 0. The molecule has 19 heavy (non-hydrogen) atoms. The van der Waals surface area contributed by atoms with Gasteiger partial charge in [0.05, 0.1) is 16.9 Å². The number of carbonyl (C=O) groups excluding carboxylic acids is 1. The summed E-state index contributed by atoms with van der Waals surface area (Å²) in [6.45, 7) is 4.82. The molecule has 2 aromatic rings. The number of hydrogen-bond acceptors (Lipinski definition) is 2. The Kier molecular flexibility index (Phi) is 3.01. The number of hydrogen-bond donors (Lipinski definition) is 0. The van der Waals surface area contributed by atoms with Crippen LogP contribution in [0.3, 0.4) is 0 Å². The Morgan fingerprint density at radius 1 is 1.42 bits per heavy atom. The van der Waals surface area contributed by atoms with Crippen LogP contribution in [0.1, 0.15) is 32.4 Å². The first-order valence-electron chi connectivity index (χ1n) is 7.03. The molecule has 0 atom stereocenters. The standard InChI is InChI=1S/C15H19N3O/c1-3-12-14(13-7-5-6-10-18(13)16-12)17(4-2)15(19)11-8-9-11/h5-7,10-11H,3-4,8-9H2,1-2H3. The molecular formula is C15H19N3O. The highest BCUT2D eigenvalue weighted by atomic mass is 16.2. The number of pyridine rings is 1. The zero-order valence-corrected chi connectivity index (χ0v) is 11.5. The zero-order chi connectivity index (χ0) is 13.4. The van der Waals surface area contributed by atoms with Crippen molar-refractivity contribution in [2.45, 2.75) is 33.1 Å². The van der Waals surface area contributed by atoms with Gasteiger partial charge in [0.2, 0.25) is 5.91 Å². The molecule has 1 amide bonds. The maximum absolute atomic E-state index is 12.4. The molecule has 0 aliphatic heterocycles. The van der Waals surface area contributed by atoms with E-state index < -0.39 is 0 Å². The molecule has 1 saturated carbocycles. The van der Waals surface area contributed by atoms with Gasteiger partial charge in [0.1, 0.15) is 0 Å². The van der Waals surface area contributed by atoms with Gasteiger partial charge < -0.3 is 4.90 Å². The Morgan fingerprint density at radius 2 is 2.21 bits per heavy atom. The number of aromatic nitrogens is 2. The van der Waals surface area contributed by atoms with Crippen LogP contribution in [0, 0.1) is 5.92 Å². The van der Waals surface area contributed by atoms with Crippen LogP contribution in [0.2, 0.25) is 0 Å². The topological polar surface area (TPSA) is 37.6 Å². The largest absolute Gasteiger partial charge is 0.309 e. The van der Waals surface area contributed by atoms with Crippen LogP contribution in [0.4, 0.5) is 5.69 Å². The fourth-order valence-corrected chi connectivity index (χ4v) is 2.54. The first kappa shape index (κ1) is 12.2. The summed E-state index contributed by atoms with van der Waals surface area (Å²) in [5, 5.41) is 4.58. The summed E-state index contributed by atoms with van der Waals surface area (Å²) < 4.78 is 1.87. The number of carbonyl (C=O) groups is 1. The summed E-state index contributed by atoms with van der Waals surface area (Å²) in [6.07, 6.45) is 4.85. The Labute approximate surface area is 113 Å². The van der Waals surface area contributed by atoms with E-state index in [9.17, 15) is 4.79 Å². The van der Waals surface area contributed by atoms with Crippen LogP contribution in [-0.2, 0) is 11.2 Å². The maximum Gasteiger partial charge on any atom is 0.230 e. The van der Waals surface area contributed by atoms with Gasteiger partial charge in [-0.2, -0.15) is 5.10 Å². The quantitative estimate of drug-likeness (QED) is 0.844. The van der Waals surface area contributed by atoms with Gasteiger partial charge in [0, 0.05) is 18.7 Å². The molecule has 0 spiro atoms. The normalized spacial score (nSPS) is 14.8. The number of amides is 1. The Morgan fingerprint density at radius 3 is 2.84 bits per heavy atom. The Bertz CT molecular complexity index is 613. The van der Waals surface area contributed by atoms with Crippen LogP contribution in [0.5, 0.6) is 0 Å². The van der Waals surface area contributed by atoms with E-state index in [-0.39, 0.29) is 11.8 Å². The lowest BCUT2D eigenvalue weighted by atomic mass is 10.2. The summed E-state index contributed by atoms with van der Waals surface area (Å²) in [5.41, 5.74) is 3.03. The zero-order valence-electron chi connectivity index (χ0n) is 11.5. The third-order valence-electron chi connectivity index (χ3n) is 3.70. The van der Waals surface area contributed by atoms with Gasteiger partial charge in [-0.15, -0.1) is 0 Å². The number of fused-ring (bicyclic) bond motifs is 1. The second-order valence-electron chi connectivity index (χ2n) is 5.04. The minimum absolute atomic E-state index is 0.239. The van der Waals surface area contributed by atoms with Crippen molar-refractivity contribution in [2.24, 2.45) is 5.92 Å². The molecule has 2 heterocycles. The van der Waals surface area contributed by atoms with Crippen LogP contribution in [-0.4, -0.2) is 22.1 Å². The number of aryl methyl sites for hydroxylation is 1. The number of rotatable bonds is 4. The van der Waals surface area contributed by atoms with Gasteiger partial charge >= 0.3 is 0 Å². The summed E-state index contributed by atoms with van der Waals surface area (Å²) in [6, 6.07) is 5.99. The fraction of sp³-hybridized carbons (Fsp3) is 0.467. The van der Waals surface area contributed by atoms with E-state index in [2.05, 4.69) is 12.0 Å². The molecule has 1 aliphatic carbocycles. The maximum atomic E-state index is 12.4. The van der Waals surface area contributed by atoms with Crippen LogP contribution < -0.4 is 4.90 Å². The van der Waals surface area contributed by atoms with Crippen LogP contribution in [0.25, 0.3) is 5.52 Å². The molecule has 1 aliphatic rings. The lowest BCUT2D eigenvalue weighted by molar-refractivity contribution is -0.119. The Balaban J connectivity index is 2.12. The van der Waals surface area contributed by atoms with E-state index in [1.54, 1.807) is 0 Å². The molecule has 0 bridgehead atoms. The van der Waals surface area contributed by atoms with Crippen molar-refractivity contribution in [3.05, 3.63) is 30.1 Å². The monoisotopic (exact) mass is 257 g/mol. The summed E-state index contributed by atoms with van der Waals surface area (Å²) in [5.74, 6) is 0.499. The first-order valence-corrected chi connectivity index (χ1v) is 7.03. The second-order valence-corrected chi connectivity index (χ2v) is 5.04. The van der Waals surface area contributed by atoms with E-state index in [1.807, 2.05) is 40.7 Å². The van der Waals surface area contributed by atoms with Gasteiger partial charge in [-0.3, -0.25) is 4.79 Å². The second kappa shape index (κ2) is 4.68. The van der Waals surface area contributed by atoms with E-state index >= 15 is 0 Å². The third kappa shape index (κ3) is 2.01. The SMILES string of the molecule is CCc1nn2ccccc2c1N(CC)C(=O)C1CC1. The molecule has 3 rings (SSSR count). The molecule has 100 valence electrons. The predicted octanol–water partition coefficient (Wildman–Crippen LogP) is 2.66. The van der Waals surface area contributed by atoms with Crippen molar-refractivity contribution in [1.82, 2.24) is 9.61 Å². The molecule has 0 aromatic carbocycles. The molecule has 1 fully saturated rings. The number of nitrogens with zero attached hydrogens (tertiary/aromatic N) is 3. The highest BCUT2D eigenvalue weighted by Gasteiger charge is 2.35. The third-order valence-corrected chi connectivity index (χ3v) is 3.70. The molecule has 4 nitrogen and oxygen atoms in total. The lowest BCUT2D eigenvalue weighted by Crippen LogP contribution is -2.32. The van der Waals surface area contributed by atoms with Crippen molar-refractivity contribution in [2.75, 3.05) is 11.4 Å². The van der Waals surface area contributed by atoms with Gasteiger partial charge in [-0.25, -0.2) is 4.52 Å². The first-order chi connectivity index (χ1) is 9.26. The van der Waals surface area contributed by atoms with Crippen LogP contribution >= 0.6 is 0 Å². The average Bonchev–Trinajstić information content (AvgIpc) is 3.22. The summed E-state index contributed by atoms with van der Waals surface area (Å²) in [4.78, 5) is 14.4. The van der Waals surface area contributed by atoms with Crippen LogP contribution in [0.15, 0.2) is 24.4 Å². The summed E-state index contributed by atoms with van der Waals surface area (Å²) in [7, 11) is 0. The van der Waals surface area contributed by atoms with E-state index in [0.717, 1.165) is 36.2 Å². The van der Waals surface area contributed by atoms with Crippen molar-refractivity contribution < 1.29 is 4.79 Å². The average molecular weight is 257 g/mol. The molecule has 2 aromatic heterocycles. The lowest BCUT2D eigenvalue weighted by Gasteiger charge is -2.21. The van der Waals surface area contributed by atoms with E-state index in [1.165, 1.54) is 0 Å². The van der Waals surface area contributed by atoms with E-state index in [0.29, 0.717) is 6.54 Å². The molecule has 0 saturated heterocycles. The van der Waals surface area contributed by atoms with Gasteiger partial charge in [0.15, 0.2) is 0 Å². The minimum Gasteiger partial charge on any atom is -0.309 e. The van der Waals surface area contributed by atoms with Crippen molar-refractivity contribution in [3.63, 3.8) is 0 Å². The van der Waals surface area contributed by atoms with Crippen molar-refractivity contribution in [1.29, 1.82) is 0 Å². The fourth-order valence-electron chi connectivity index (χ4n) is 2.54. The highest BCUT2D eigenvalue weighted by molar-refractivity contribution is 6.00. The van der Waals surface area contributed by atoms with Crippen molar-refractivity contribution in [3.8, 4) is 0 Å². The molecule has 0 radical (unpaired) electrons. The number of anilines is 1. The smallest absolute Gasteiger partial charge is 0.230 e.